The molecule has 10 rings (SSSR count). The van der Waals surface area contributed by atoms with Gasteiger partial charge in [-0.1, -0.05) is 12.1 Å². The van der Waals surface area contributed by atoms with E-state index in [1.165, 1.54) is 22.3 Å². The van der Waals surface area contributed by atoms with Crippen LogP contribution in [0, 0.1) is 0 Å². The fourth-order valence-corrected chi connectivity index (χ4v) is 11.4. The molecule has 0 unspecified atom stereocenters. The van der Waals surface area contributed by atoms with Gasteiger partial charge in [0.15, 0.2) is 4.90 Å². The molecule has 4 N–H and O–H groups in total. The van der Waals surface area contributed by atoms with Crippen molar-refractivity contribution in [2.45, 2.75) is 119 Å². The van der Waals surface area contributed by atoms with E-state index in [4.69, 9.17) is 9.47 Å². The molecule has 4 amide bonds. The zero-order valence-corrected chi connectivity index (χ0v) is 34.7. The first kappa shape index (κ1) is 39.7. The maximum Gasteiger partial charge on any atom is 0.435 e. The number of aryl methyl sites for hydroxylation is 4. The third kappa shape index (κ3) is 7.18. The number of fused-ring (bicyclic) bond motifs is 6. The van der Waals surface area contributed by atoms with Crippen LogP contribution in [0.4, 0.5) is 25.8 Å². The van der Waals surface area contributed by atoms with Crippen LogP contribution in [-0.4, -0.2) is 72.7 Å². The molecule has 18 nitrogen and oxygen atoms in total. The minimum Gasteiger partial charge on any atom is -0.476 e. The Morgan fingerprint density at radius 3 is 1.60 bits per heavy atom. The third-order valence-corrected chi connectivity index (χ3v) is 14.6. The van der Waals surface area contributed by atoms with E-state index in [1.54, 1.807) is 13.8 Å². The Hall–Kier alpha value is -5.76. The molecule has 0 fully saturated rings. The van der Waals surface area contributed by atoms with Gasteiger partial charge in [0.1, 0.15) is 10.5 Å². The average Bonchev–Trinajstić information content (AvgIpc) is 4.02. The van der Waals surface area contributed by atoms with Crippen LogP contribution in [0.5, 0.6) is 5.88 Å². The summed E-state index contributed by atoms with van der Waals surface area (Å²) in [5, 5.41) is 13.2. The molecular formula is C40H44N8O10S2. The Labute approximate surface area is 345 Å². The highest BCUT2D eigenvalue weighted by molar-refractivity contribution is 7.90. The number of aromatic nitrogens is 4. The highest BCUT2D eigenvalue weighted by Gasteiger charge is 2.39. The number of amides is 4. The van der Waals surface area contributed by atoms with Gasteiger partial charge in [0.2, 0.25) is 5.88 Å². The lowest BCUT2D eigenvalue weighted by molar-refractivity contribution is 0.0225. The van der Waals surface area contributed by atoms with Gasteiger partial charge in [0, 0.05) is 17.8 Å². The van der Waals surface area contributed by atoms with Crippen molar-refractivity contribution >= 4 is 55.5 Å². The van der Waals surface area contributed by atoms with Crippen LogP contribution in [-0.2, 0) is 82.6 Å². The van der Waals surface area contributed by atoms with Gasteiger partial charge in [-0.3, -0.25) is 4.79 Å². The largest absolute Gasteiger partial charge is 0.476 e. The lowest BCUT2D eigenvalue weighted by Crippen LogP contribution is -2.41. The highest BCUT2D eigenvalue weighted by Crippen LogP contribution is 2.40. The molecule has 4 heterocycles. The zero-order valence-electron chi connectivity index (χ0n) is 33.1. The highest BCUT2D eigenvalue weighted by atomic mass is 32.2. The van der Waals surface area contributed by atoms with Crippen molar-refractivity contribution in [2.24, 2.45) is 0 Å². The standard InChI is InChI=1S/C21H24N4O5S.C19H20N4O5S/c1-21(2)10-16-17(11-22-25(16)20(27)30-21)31(28,29)24-19(26)23-18-14-7-3-5-12(14)9-13-6-4-8-15(13)18;24-16-7-8-28-18-15(10-20-23(16)18)29(26,27)22-19(25)21-17-13-5-1-3-11(13)9-12-4-2-6-14(12)17/h9,11H,3-8,10H2,1-2H3,(H2,23,24,26);9-10H,1-8H2,(H2,21,22,25). The first-order valence-corrected chi connectivity index (χ1v) is 23.1. The fourth-order valence-electron chi connectivity index (χ4n) is 9.35. The molecule has 4 aliphatic carbocycles. The predicted molar refractivity (Wildman–Crippen MR) is 215 cm³/mol. The number of carbonyl (C=O) groups is 4. The predicted octanol–water partition coefficient (Wildman–Crippen LogP) is 4.48. The second kappa shape index (κ2) is 14.8. The molecule has 0 saturated heterocycles. The lowest BCUT2D eigenvalue weighted by atomic mass is 9.99. The Balaban J connectivity index is 0.000000154. The molecule has 60 heavy (non-hydrogen) atoms. The number of benzene rings is 2. The number of sulfonamides is 2. The number of rotatable bonds is 6. The van der Waals surface area contributed by atoms with Gasteiger partial charge in [-0.2, -0.15) is 19.6 Å². The van der Waals surface area contributed by atoms with Gasteiger partial charge in [-0.05, 0) is 135 Å². The van der Waals surface area contributed by atoms with Crippen LogP contribution in [0.1, 0.15) is 101 Å². The van der Waals surface area contributed by atoms with Gasteiger partial charge in [-0.25, -0.2) is 40.7 Å². The molecule has 0 radical (unpaired) electrons. The first-order chi connectivity index (χ1) is 28.6. The SMILES string of the molecule is CC1(C)Cc2c(S(=O)(=O)NC(=O)Nc3c4c(cc5c3CCC5)CCC4)cnn2C(=O)O1.O=C(Nc1c2c(cc3c1CCC3)CCC2)NS(=O)(=O)c1cnn2c1OCCC2=O. The first-order valence-electron chi connectivity index (χ1n) is 20.1. The van der Waals surface area contributed by atoms with E-state index in [-0.39, 0.29) is 46.7 Å². The van der Waals surface area contributed by atoms with Gasteiger partial charge in [-0.15, -0.1) is 0 Å². The summed E-state index contributed by atoms with van der Waals surface area (Å²) in [7, 11) is -8.48. The van der Waals surface area contributed by atoms with Crippen molar-refractivity contribution in [2.75, 3.05) is 17.2 Å². The molecule has 2 aromatic carbocycles. The maximum atomic E-state index is 13.0. The summed E-state index contributed by atoms with van der Waals surface area (Å²) in [6.07, 6.45) is 13.2. The van der Waals surface area contributed by atoms with E-state index in [2.05, 4.69) is 37.7 Å². The Bertz CT molecular complexity index is 2690. The molecular weight excluding hydrogens is 817 g/mol. The monoisotopic (exact) mass is 860 g/mol. The van der Waals surface area contributed by atoms with E-state index < -0.39 is 43.8 Å². The number of nitrogens with one attached hydrogen (secondary N) is 4. The minimum absolute atomic E-state index is 0.0710. The smallest absolute Gasteiger partial charge is 0.435 e. The maximum absolute atomic E-state index is 13.0. The number of urea groups is 2. The van der Waals surface area contributed by atoms with Crippen molar-refractivity contribution in [3.63, 3.8) is 0 Å². The minimum atomic E-state index is -4.25. The van der Waals surface area contributed by atoms with E-state index in [9.17, 15) is 36.0 Å². The summed E-state index contributed by atoms with van der Waals surface area (Å²) in [4.78, 5) is 48.8. The lowest BCUT2D eigenvalue weighted by Gasteiger charge is -2.29. The van der Waals surface area contributed by atoms with Crippen LogP contribution in [0.2, 0.25) is 0 Å². The van der Waals surface area contributed by atoms with E-state index in [0.717, 1.165) is 132 Å². The molecule has 4 aromatic rings. The summed E-state index contributed by atoms with van der Waals surface area (Å²) in [5.41, 5.74) is 10.2. The fraction of sp³-hybridized carbons (Fsp3) is 0.450. The van der Waals surface area contributed by atoms with Crippen LogP contribution < -0.4 is 24.8 Å². The molecule has 6 aliphatic rings. The Morgan fingerprint density at radius 1 is 0.650 bits per heavy atom. The van der Waals surface area contributed by atoms with Crippen molar-refractivity contribution in [3.05, 3.63) is 74.7 Å². The van der Waals surface area contributed by atoms with Gasteiger partial charge in [0.05, 0.1) is 31.1 Å². The van der Waals surface area contributed by atoms with Crippen molar-refractivity contribution in [3.8, 4) is 5.88 Å². The summed E-state index contributed by atoms with van der Waals surface area (Å²) in [6.45, 7) is 3.45. The van der Waals surface area contributed by atoms with Crippen molar-refractivity contribution in [1.29, 1.82) is 0 Å². The van der Waals surface area contributed by atoms with Crippen LogP contribution in [0.15, 0.2) is 34.3 Å². The van der Waals surface area contributed by atoms with Crippen LogP contribution >= 0.6 is 0 Å². The number of ether oxygens (including phenoxy) is 2. The molecule has 0 saturated carbocycles. The molecule has 316 valence electrons. The topological polar surface area (TPSA) is 239 Å². The Kier molecular flexibility index (Phi) is 9.76. The molecule has 0 atom stereocenters. The van der Waals surface area contributed by atoms with Crippen LogP contribution in [0.3, 0.4) is 0 Å². The Morgan fingerprint density at radius 2 is 1.10 bits per heavy atom. The molecule has 20 heteroatoms. The summed E-state index contributed by atoms with van der Waals surface area (Å²) < 4.78 is 67.9. The quantitative estimate of drug-likeness (QED) is 0.210. The number of cyclic esters (lactones) is 1. The second-order valence-electron chi connectivity index (χ2n) is 16.5. The number of carbonyl (C=O) groups excluding carboxylic acids is 4. The summed E-state index contributed by atoms with van der Waals surface area (Å²) >= 11 is 0. The van der Waals surface area contributed by atoms with Crippen molar-refractivity contribution < 1.29 is 45.5 Å². The van der Waals surface area contributed by atoms with Gasteiger partial charge in [0.25, 0.3) is 26.0 Å². The number of hydrogen-bond acceptors (Lipinski definition) is 12. The van der Waals surface area contributed by atoms with E-state index in [1.807, 2.05) is 4.72 Å². The summed E-state index contributed by atoms with van der Waals surface area (Å²) in [5.74, 6) is -0.518. The number of nitrogens with zero attached hydrogens (tertiary/aromatic N) is 4. The molecule has 2 aromatic heterocycles. The van der Waals surface area contributed by atoms with E-state index in [0.29, 0.717) is 0 Å². The molecule has 0 spiro atoms. The van der Waals surface area contributed by atoms with Gasteiger partial charge < -0.3 is 20.1 Å². The summed E-state index contributed by atoms with van der Waals surface area (Å²) in [6, 6.07) is 2.83. The molecule has 0 bridgehead atoms. The van der Waals surface area contributed by atoms with Gasteiger partial charge >= 0.3 is 18.2 Å². The number of hydrogen-bond donors (Lipinski definition) is 4. The molecule has 2 aliphatic heterocycles. The number of anilines is 2. The van der Waals surface area contributed by atoms with Crippen molar-refractivity contribution in [1.82, 2.24) is 29.0 Å². The normalized spacial score (nSPS) is 18.0. The average molecular weight is 861 g/mol. The third-order valence-electron chi connectivity index (χ3n) is 11.9. The van der Waals surface area contributed by atoms with Crippen LogP contribution in [0.25, 0.3) is 0 Å². The van der Waals surface area contributed by atoms with E-state index >= 15 is 0 Å². The zero-order chi connectivity index (χ0) is 42.1. The second-order valence-corrected chi connectivity index (χ2v) is 19.8.